The highest BCUT2D eigenvalue weighted by Gasteiger charge is 2.29. The van der Waals surface area contributed by atoms with Crippen LogP contribution >= 0.6 is 0 Å². The molecule has 1 fully saturated rings. The third-order valence-corrected chi connectivity index (χ3v) is 4.68. The number of hydrogen-bond acceptors (Lipinski definition) is 2. The van der Waals surface area contributed by atoms with Crippen molar-refractivity contribution in [2.24, 2.45) is 17.1 Å². The van der Waals surface area contributed by atoms with Crippen molar-refractivity contribution >= 4 is 0 Å². The van der Waals surface area contributed by atoms with Crippen molar-refractivity contribution in [3.05, 3.63) is 29.6 Å². The summed E-state index contributed by atoms with van der Waals surface area (Å²) in [6, 6.07) is 5.26. The Hall–Kier alpha value is -1.09. The minimum atomic E-state index is -0.304. The summed E-state index contributed by atoms with van der Waals surface area (Å²) in [5.74, 6) is 0.553. The fourth-order valence-electron chi connectivity index (χ4n) is 3.13. The maximum atomic E-state index is 13.7. The van der Waals surface area contributed by atoms with Gasteiger partial charge >= 0.3 is 0 Å². The molecule has 2 rings (SSSR count). The van der Waals surface area contributed by atoms with Gasteiger partial charge < -0.3 is 10.5 Å². The van der Waals surface area contributed by atoms with E-state index < -0.39 is 0 Å². The monoisotopic (exact) mass is 279 g/mol. The lowest BCUT2D eigenvalue weighted by Gasteiger charge is -2.36. The van der Waals surface area contributed by atoms with Crippen LogP contribution in [-0.2, 0) is 6.42 Å². The Morgan fingerprint density at radius 3 is 2.55 bits per heavy atom. The fourth-order valence-corrected chi connectivity index (χ4v) is 3.13. The van der Waals surface area contributed by atoms with Gasteiger partial charge in [-0.25, -0.2) is 4.39 Å². The van der Waals surface area contributed by atoms with E-state index in [2.05, 4.69) is 13.8 Å². The Balaban J connectivity index is 1.94. The maximum Gasteiger partial charge on any atom is 0.165 e. The van der Waals surface area contributed by atoms with Gasteiger partial charge in [-0.1, -0.05) is 19.9 Å². The molecule has 2 nitrogen and oxygen atoms in total. The summed E-state index contributed by atoms with van der Waals surface area (Å²) in [4.78, 5) is 0. The third kappa shape index (κ3) is 3.72. The first-order valence-corrected chi connectivity index (χ1v) is 7.49. The van der Waals surface area contributed by atoms with Gasteiger partial charge in [-0.2, -0.15) is 0 Å². The van der Waals surface area contributed by atoms with E-state index in [0.717, 1.165) is 12.0 Å². The summed E-state index contributed by atoms with van der Waals surface area (Å²) in [7, 11) is 1.48. The van der Waals surface area contributed by atoms with Crippen molar-refractivity contribution in [3.8, 4) is 5.75 Å². The van der Waals surface area contributed by atoms with Gasteiger partial charge in [0, 0.05) is 6.04 Å². The van der Waals surface area contributed by atoms with Crippen LogP contribution in [0, 0.1) is 17.2 Å². The van der Waals surface area contributed by atoms with Crippen LogP contribution in [-0.4, -0.2) is 13.2 Å². The first-order chi connectivity index (χ1) is 9.41. The van der Waals surface area contributed by atoms with Crippen LogP contribution in [0.25, 0.3) is 0 Å². The molecule has 1 aliphatic rings. The second kappa shape index (κ2) is 6.13. The Labute approximate surface area is 121 Å². The Kier molecular flexibility index (Phi) is 4.69. The van der Waals surface area contributed by atoms with Crippen molar-refractivity contribution in [2.45, 2.75) is 52.0 Å². The van der Waals surface area contributed by atoms with Gasteiger partial charge in [-0.3, -0.25) is 0 Å². The van der Waals surface area contributed by atoms with Gasteiger partial charge in [-0.05, 0) is 61.1 Å². The highest BCUT2D eigenvalue weighted by atomic mass is 19.1. The van der Waals surface area contributed by atoms with Crippen molar-refractivity contribution in [2.75, 3.05) is 7.11 Å². The Bertz CT molecular complexity index is 448. The lowest BCUT2D eigenvalue weighted by Crippen LogP contribution is -2.36. The van der Waals surface area contributed by atoms with Crippen molar-refractivity contribution < 1.29 is 9.13 Å². The molecule has 20 heavy (non-hydrogen) atoms. The van der Waals surface area contributed by atoms with E-state index in [0.29, 0.717) is 17.1 Å². The molecule has 2 N–H and O–H groups in total. The van der Waals surface area contributed by atoms with Crippen LogP contribution in [0.3, 0.4) is 0 Å². The van der Waals surface area contributed by atoms with Crippen LogP contribution in [0.5, 0.6) is 5.75 Å². The molecule has 0 radical (unpaired) electrons. The minimum Gasteiger partial charge on any atom is -0.494 e. The molecule has 0 spiro atoms. The number of ether oxygens (including phenoxy) is 1. The summed E-state index contributed by atoms with van der Waals surface area (Å²) in [5.41, 5.74) is 7.76. The predicted molar refractivity (Wildman–Crippen MR) is 80.4 cm³/mol. The van der Waals surface area contributed by atoms with Gasteiger partial charge in [0.05, 0.1) is 7.11 Å². The Morgan fingerprint density at radius 1 is 1.35 bits per heavy atom. The largest absolute Gasteiger partial charge is 0.494 e. The molecule has 112 valence electrons. The van der Waals surface area contributed by atoms with E-state index in [1.807, 2.05) is 6.07 Å². The lowest BCUT2D eigenvalue weighted by atomic mass is 9.70. The molecule has 0 saturated heterocycles. The van der Waals surface area contributed by atoms with Crippen LogP contribution in [0.1, 0.15) is 45.1 Å². The van der Waals surface area contributed by atoms with Gasteiger partial charge in [0.15, 0.2) is 11.6 Å². The molecular weight excluding hydrogens is 253 g/mol. The van der Waals surface area contributed by atoms with Gasteiger partial charge in [-0.15, -0.1) is 0 Å². The molecule has 1 aliphatic carbocycles. The van der Waals surface area contributed by atoms with Gasteiger partial charge in [0.2, 0.25) is 0 Å². The molecule has 3 heteroatoms. The first-order valence-electron chi connectivity index (χ1n) is 7.49. The highest BCUT2D eigenvalue weighted by molar-refractivity contribution is 5.29. The van der Waals surface area contributed by atoms with Crippen LogP contribution < -0.4 is 10.5 Å². The average Bonchev–Trinajstić information content (AvgIpc) is 2.38. The van der Waals surface area contributed by atoms with Crippen LogP contribution in [0.4, 0.5) is 4.39 Å². The average molecular weight is 279 g/mol. The van der Waals surface area contributed by atoms with E-state index in [1.54, 1.807) is 12.1 Å². The molecule has 1 atom stereocenters. The van der Waals surface area contributed by atoms with Crippen molar-refractivity contribution in [3.63, 3.8) is 0 Å². The molecule has 1 unspecified atom stereocenters. The number of halogens is 1. The smallest absolute Gasteiger partial charge is 0.165 e. The van der Waals surface area contributed by atoms with Gasteiger partial charge in [0.1, 0.15) is 0 Å². The molecule has 0 heterocycles. The topological polar surface area (TPSA) is 35.2 Å². The number of nitrogens with two attached hydrogens (primary N) is 1. The molecule has 0 amide bonds. The molecule has 0 aromatic heterocycles. The molecule has 1 saturated carbocycles. The fraction of sp³-hybridized carbons (Fsp3) is 0.647. The summed E-state index contributed by atoms with van der Waals surface area (Å²) in [6.07, 6.45) is 5.59. The summed E-state index contributed by atoms with van der Waals surface area (Å²) >= 11 is 0. The third-order valence-electron chi connectivity index (χ3n) is 4.68. The van der Waals surface area contributed by atoms with Gasteiger partial charge in [0.25, 0.3) is 0 Å². The van der Waals surface area contributed by atoms with E-state index >= 15 is 0 Å². The van der Waals surface area contributed by atoms with E-state index in [4.69, 9.17) is 10.5 Å². The standard InChI is InChI=1S/C17H26FNO/c1-17(2)8-6-13(7-9-17)15(19)11-12-4-5-16(20-3)14(18)10-12/h4-5,10,13,15H,6-9,11,19H2,1-3H3. The number of hydrogen-bond donors (Lipinski definition) is 1. The molecule has 1 aromatic carbocycles. The summed E-state index contributed by atoms with van der Waals surface area (Å²) in [6.45, 7) is 4.65. The normalized spacial score (nSPS) is 20.6. The molecule has 0 aliphatic heterocycles. The number of rotatable bonds is 4. The second-order valence-corrected chi connectivity index (χ2v) is 6.84. The van der Waals surface area contributed by atoms with E-state index in [1.165, 1.54) is 32.8 Å². The zero-order valence-electron chi connectivity index (χ0n) is 12.8. The first kappa shape index (κ1) is 15.3. The predicted octanol–water partition coefficient (Wildman–Crippen LogP) is 3.92. The van der Waals surface area contributed by atoms with Crippen LogP contribution in [0.15, 0.2) is 18.2 Å². The Morgan fingerprint density at radius 2 is 2.00 bits per heavy atom. The number of benzene rings is 1. The van der Waals surface area contributed by atoms with E-state index in [9.17, 15) is 4.39 Å². The second-order valence-electron chi connectivity index (χ2n) is 6.84. The molecular formula is C17H26FNO. The molecule has 1 aromatic rings. The quantitative estimate of drug-likeness (QED) is 0.906. The summed E-state index contributed by atoms with van der Waals surface area (Å²) < 4.78 is 18.6. The summed E-state index contributed by atoms with van der Waals surface area (Å²) in [5, 5.41) is 0. The zero-order chi connectivity index (χ0) is 14.8. The highest BCUT2D eigenvalue weighted by Crippen LogP contribution is 2.39. The molecule has 0 bridgehead atoms. The number of methoxy groups -OCH3 is 1. The lowest BCUT2D eigenvalue weighted by molar-refractivity contribution is 0.173. The minimum absolute atomic E-state index is 0.124. The van der Waals surface area contributed by atoms with Crippen molar-refractivity contribution in [1.82, 2.24) is 0 Å². The van der Waals surface area contributed by atoms with Crippen LogP contribution in [0.2, 0.25) is 0 Å². The van der Waals surface area contributed by atoms with E-state index in [-0.39, 0.29) is 11.9 Å². The maximum absolute atomic E-state index is 13.7. The zero-order valence-corrected chi connectivity index (χ0v) is 12.8. The SMILES string of the molecule is COc1ccc(CC(N)C2CCC(C)(C)CC2)cc1F. The van der Waals surface area contributed by atoms with Crippen molar-refractivity contribution in [1.29, 1.82) is 0 Å².